The van der Waals surface area contributed by atoms with Gasteiger partial charge in [-0.3, -0.25) is 4.79 Å². The van der Waals surface area contributed by atoms with Crippen LogP contribution in [0.2, 0.25) is 0 Å². The Morgan fingerprint density at radius 1 is 0.739 bits per heavy atom. The lowest BCUT2D eigenvalue weighted by molar-refractivity contribution is 0.626. The van der Waals surface area contributed by atoms with E-state index in [4.69, 9.17) is 0 Å². The van der Waals surface area contributed by atoms with E-state index in [1.165, 1.54) is 12.1 Å². The number of para-hydroxylation sites is 2. The van der Waals surface area contributed by atoms with Gasteiger partial charge in [-0.15, -0.1) is 0 Å². The van der Waals surface area contributed by atoms with Gasteiger partial charge in [-0.1, -0.05) is 36.4 Å². The van der Waals surface area contributed by atoms with Gasteiger partial charge in [-0.2, -0.15) is 0 Å². The van der Waals surface area contributed by atoms with Crippen molar-refractivity contribution in [3.8, 4) is 0 Å². The Balaban J connectivity index is 2.04. The predicted molar refractivity (Wildman–Crippen MR) is 91.2 cm³/mol. The molecule has 0 spiro atoms. The van der Waals surface area contributed by atoms with Crippen molar-refractivity contribution in [2.24, 2.45) is 0 Å². The van der Waals surface area contributed by atoms with Gasteiger partial charge in [0.15, 0.2) is 5.43 Å². The molecule has 23 heavy (non-hydrogen) atoms. The van der Waals surface area contributed by atoms with Gasteiger partial charge in [0.25, 0.3) is 0 Å². The summed E-state index contributed by atoms with van der Waals surface area (Å²) in [4.78, 5) is 12.7. The molecule has 0 aliphatic rings. The summed E-state index contributed by atoms with van der Waals surface area (Å²) in [6.45, 7) is 0.585. The number of benzene rings is 3. The molecule has 0 saturated carbocycles. The molecule has 1 heterocycles. The molecule has 0 saturated heterocycles. The van der Waals surface area contributed by atoms with E-state index in [0.717, 1.165) is 16.6 Å². The highest BCUT2D eigenvalue weighted by molar-refractivity contribution is 5.93. The van der Waals surface area contributed by atoms with Crippen LogP contribution in [-0.2, 0) is 6.54 Å². The van der Waals surface area contributed by atoms with E-state index < -0.39 is 0 Å². The van der Waals surface area contributed by atoms with Crippen molar-refractivity contribution >= 4 is 21.8 Å². The summed E-state index contributed by atoms with van der Waals surface area (Å²) in [7, 11) is 0. The molecule has 0 N–H and O–H groups in total. The number of fused-ring (bicyclic) bond motifs is 2. The van der Waals surface area contributed by atoms with Gasteiger partial charge >= 0.3 is 0 Å². The Labute approximate surface area is 132 Å². The van der Waals surface area contributed by atoms with Gasteiger partial charge in [-0.25, -0.2) is 4.39 Å². The quantitative estimate of drug-likeness (QED) is 0.505. The molecular formula is C20H14FNO. The zero-order chi connectivity index (χ0) is 15.8. The normalized spacial score (nSPS) is 11.2. The summed E-state index contributed by atoms with van der Waals surface area (Å²) in [6, 6.07) is 21.7. The summed E-state index contributed by atoms with van der Waals surface area (Å²) < 4.78 is 15.2. The van der Waals surface area contributed by atoms with Crippen molar-refractivity contribution in [3.05, 3.63) is 94.4 Å². The summed E-state index contributed by atoms with van der Waals surface area (Å²) >= 11 is 0. The Bertz CT molecular complexity index is 1000. The lowest BCUT2D eigenvalue weighted by atomic mass is 10.1. The summed E-state index contributed by atoms with van der Waals surface area (Å²) in [5, 5.41) is 1.40. The van der Waals surface area contributed by atoms with Crippen LogP contribution in [0.1, 0.15) is 5.56 Å². The third-order valence-electron chi connectivity index (χ3n) is 4.13. The fraction of sp³-hybridized carbons (Fsp3) is 0.0500. The molecule has 3 aromatic carbocycles. The lowest BCUT2D eigenvalue weighted by Crippen LogP contribution is -2.12. The van der Waals surface area contributed by atoms with Crippen molar-refractivity contribution < 1.29 is 4.39 Å². The lowest BCUT2D eigenvalue weighted by Gasteiger charge is -2.15. The minimum absolute atomic E-state index is 0.0477. The number of aromatic nitrogens is 1. The number of hydrogen-bond donors (Lipinski definition) is 0. The number of rotatable bonds is 2. The zero-order valence-electron chi connectivity index (χ0n) is 12.4. The highest BCUT2D eigenvalue weighted by atomic mass is 19.1. The SMILES string of the molecule is O=c1c2ccccc2n(Cc2ccc(F)cc2)c2ccccc12. The highest BCUT2D eigenvalue weighted by Crippen LogP contribution is 2.20. The monoisotopic (exact) mass is 303 g/mol. The molecule has 0 bridgehead atoms. The smallest absolute Gasteiger partial charge is 0.197 e. The zero-order valence-corrected chi connectivity index (χ0v) is 12.4. The van der Waals surface area contributed by atoms with E-state index >= 15 is 0 Å². The number of pyridine rings is 1. The number of hydrogen-bond acceptors (Lipinski definition) is 1. The van der Waals surface area contributed by atoms with E-state index in [9.17, 15) is 9.18 Å². The molecule has 0 radical (unpaired) electrons. The van der Waals surface area contributed by atoms with Crippen LogP contribution in [0.4, 0.5) is 4.39 Å². The average molecular weight is 303 g/mol. The fourth-order valence-corrected chi connectivity index (χ4v) is 3.02. The first-order valence-corrected chi connectivity index (χ1v) is 7.49. The topological polar surface area (TPSA) is 22.0 Å². The molecule has 0 atom stereocenters. The minimum Gasteiger partial charge on any atom is -0.336 e. The van der Waals surface area contributed by atoms with Gasteiger partial charge in [0.05, 0.1) is 11.0 Å². The van der Waals surface area contributed by atoms with Crippen molar-refractivity contribution in [3.63, 3.8) is 0 Å². The van der Waals surface area contributed by atoms with Crippen LogP contribution in [-0.4, -0.2) is 4.57 Å². The third kappa shape index (κ3) is 2.30. The highest BCUT2D eigenvalue weighted by Gasteiger charge is 2.10. The summed E-state index contributed by atoms with van der Waals surface area (Å²) in [6.07, 6.45) is 0. The van der Waals surface area contributed by atoms with Gasteiger partial charge in [0.2, 0.25) is 0 Å². The molecule has 3 heteroatoms. The van der Waals surface area contributed by atoms with Crippen LogP contribution in [0.5, 0.6) is 0 Å². The first kappa shape index (κ1) is 13.7. The van der Waals surface area contributed by atoms with Crippen molar-refractivity contribution in [1.82, 2.24) is 4.57 Å². The van der Waals surface area contributed by atoms with Crippen molar-refractivity contribution in [2.45, 2.75) is 6.54 Å². The second kappa shape index (κ2) is 5.36. The van der Waals surface area contributed by atoms with Crippen LogP contribution >= 0.6 is 0 Å². The molecule has 0 amide bonds. The molecule has 1 aromatic heterocycles. The van der Waals surface area contributed by atoms with Crippen molar-refractivity contribution in [2.75, 3.05) is 0 Å². The van der Waals surface area contributed by atoms with Crippen molar-refractivity contribution in [1.29, 1.82) is 0 Å². The molecule has 0 fully saturated rings. The third-order valence-corrected chi connectivity index (χ3v) is 4.13. The number of nitrogens with zero attached hydrogens (tertiary/aromatic N) is 1. The molecule has 0 aliphatic carbocycles. The second-order valence-electron chi connectivity index (χ2n) is 5.58. The summed E-state index contributed by atoms with van der Waals surface area (Å²) in [5.41, 5.74) is 2.82. The molecular weight excluding hydrogens is 289 g/mol. The first-order valence-electron chi connectivity index (χ1n) is 7.49. The standard InChI is InChI=1S/C20H14FNO/c21-15-11-9-14(10-12-15)13-22-18-7-3-1-5-16(18)20(23)17-6-2-4-8-19(17)22/h1-12H,13H2. The largest absolute Gasteiger partial charge is 0.336 e. The maximum atomic E-state index is 13.1. The van der Waals surface area contributed by atoms with E-state index in [1.54, 1.807) is 12.1 Å². The molecule has 2 nitrogen and oxygen atoms in total. The maximum Gasteiger partial charge on any atom is 0.197 e. The fourth-order valence-electron chi connectivity index (χ4n) is 3.02. The Kier molecular flexibility index (Phi) is 3.19. The molecule has 0 unspecified atom stereocenters. The second-order valence-corrected chi connectivity index (χ2v) is 5.58. The Hall–Kier alpha value is -2.94. The van der Waals surface area contributed by atoms with E-state index in [2.05, 4.69) is 4.57 Å². The Morgan fingerprint density at radius 2 is 1.26 bits per heavy atom. The van der Waals surface area contributed by atoms with Gasteiger partial charge < -0.3 is 4.57 Å². The predicted octanol–water partition coefficient (Wildman–Crippen LogP) is 4.34. The van der Waals surface area contributed by atoms with Crippen LogP contribution in [0, 0.1) is 5.82 Å². The van der Waals surface area contributed by atoms with E-state index in [-0.39, 0.29) is 11.2 Å². The minimum atomic E-state index is -0.247. The summed E-state index contributed by atoms with van der Waals surface area (Å²) in [5.74, 6) is -0.247. The van der Waals surface area contributed by atoms with E-state index in [1.807, 2.05) is 48.5 Å². The first-order chi connectivity index (χ1) is 11.2. The van der Waals surface area contributed by atoms with Crippen LogP contribution < -0.4 is 5.43 Å². The maximum absolute atomic E-state index is 13.1. The van der Waals surface area contributed by atoms with Gasteiger partial charge in [-0.05, 0) is 42.0 Å². The average Bonchev–Trinajstić information content (AvgIpc) is 2.60. The van der Waals surface area contributed by atoms with Crippen LogP contribution in [0.25, 0.3) is 21.8 Å². The molecule has 112 valence electrons. The van der Waals surface area contributed by atoms with Gasteiger partial charge in [0.1, 0.15) is 5.82 Å². The van der Waals surface area contributed by atoms with Crippen LogP contribution in [0.3, 0.4) is 0 Å². The molecule has 4 aromatic rings. The van der Waals surface area contributed by atoms with Gasteiger partial charge in [0, 0.05) is 17.3 Å². The van der Waals surface area contributed by atoms with Crippen LogP contribution in [0.15, 0.2) is 77.6 Å². The Morgan fingerprint density at radius 3 is 1.83 bits per heavy atom. The van der Waals surface area contributed by atoms with E-state index in [0.29, 0.717) is 17.3 Å². The molecule has 0 aliphatic heterocycles. The number of halogens is 1. The molecule has 4 rings (SSSR count).